The molecule has 3 aromatic rings. The number of fused-ring (bicyclic) bond motifs is 1. The molecule has 0 aliphatic heterocycles. The summed E-state index contributed by atoms with van der Waals surface area (Å²) in [4.78, 5) is 14.5. The van der Waals surface area contributed by atoms with Crippen LogP contribution in [0.25, 0.3) is 10.8 Å². The van der Waals surface area contributed by atoms with E-state index in [4.69, 9.17) is 0 Å². The van der Waals surface area contributed by atoms with Crippen LogP contribution in [0.1, 0.15) is 18.9 Å². The molecule has 0 radical (unpaired) electrons. The minimum Gasteiger partial charge on any atom is -0.312 e. The van der Waals surface area contributed by atoms with E-state index in [2.05, 4.69) is 35.0 Å². The molecule has 2 nitrogen and oxygen atoms in total. The summed E-state index contributed by atoms with van der Waals surface area (Å²) in [6.45, 7) is 2.72. The second-order valence-electron chi connectivity index (χ2n) is 5.27. The Morgan fingerprint density at radius 1 is 1.09 bits per heavy atom. The molecule has 0 bridgehead atoms. The van der Waals surface area contributed by atoms with E-state index < -0.39 is 0 Å². The predicted octanol–water partition coefficient (Wildman–Crippen LogP) is 4.89. The summed E-state index contributed by atoms with van der Waals surface area (Å²) in [6, 6.07) is 16.5. The molecule has 0 fully saturated rings. The summed E-state index contributed by atoms with van der Waals surface area (Å²) in [5, 5.41) is 6.48. The van der Waals surface area contributed by atoms with Crippen LogP contribution >= 0.6 is 11.3 Å². The Labute approximate surface area is 135 Å². The maximum atomic E-state index is 12.6. The fraction of sp³-hybridized carbons (Fsp3) is 0.211. The minimum atomic E-state index is 0.185. The topological polar surface area (TPSA) is 20.3 Å². The lowest BCUT2D eigenvalue weighted by Crippen LogP contribution is -2.30. The van der Waals surface area contributed by atoms with Crippen molar-refractivity contribution in [1.82, 2.24) is 0 Å². The maximum Gasteiger partial charge on any atom is 0.227 e. The Morgan fingerprint density at radius 2 is 1.91 bits per heavy atom. The molecular weight excluding hydrogens is 290 g/mol. The summed E-state index contributed by atoms with van der Waals surface area (Å²) < 4.78 is 0. The third-order valence-corrected chi connectivity index (χ3v) is 4.61. The molecule has 0 atom stereocenters. The van der Waals surface area contributed by atoms with Gasteiger partial charge in [0, 0.05) is 18.4 Å². The van der Waals surface area contributed by atoms with E-state index in [1.807, 2.05) is 36.1 Å². The van der Waals surface area contributed by atoms with Gasteiger partial charge < -0.3 is 4.90 Å². The van der Waals surface area contributed by atoms with Crippen molar-refractivity contribution in [3.63, 3.8) is 0 Å². The highest BCUT2D eigenvalue weighted by Crippen LogP contribution is 2.27. The van der Waals surface area contributed by atoms with Gasteiger partial charge in [-0.15, -0.1) is 0 Å². The Hall–Kier alpha value is -2.13. The molecule has 1 amide bonds. The van der Waals surface area contributed by atoms with E-state index in [1.165, 1.54) is 10.9 Å². The maximum absolute atomic E-state index is 12.6. The minimum absolute atomic E-state index is 0.185. The third kappa shape index (κ3) is 3.04. The molecule has 0 aliphatic rings. The molecule has 1 heterocycles. The van der Waals surface area contributed by atoms with Gasteiger partial charge in [-0.1, -0.05) is 36.4 Å². The van der Waals surface area contributed by atoms with Gasteiger partial charge in [0.15, 0.2) is 0 Å². The van der Waals surface area contributed by atoms with Gasteiger partial charge >= 0.3 is 0 Å². The zero-order valence-electron chi connectivity index (χ0n) is 12.7. The van der Waals surface area contributed by atoms with Crippen molar-refractivity contribution in [2.45, 2.75) is 19.8 Å². The second-order valence-corrected chi connectivity index (χ2v) is 6.05. The van der Waals surface area contributed by atoms with E-state index in [1.54, 1.807) is 11.3 Å². The molecule has 0 spiro atoms. The molecule has 0 N–H and O–H groups in total. The number of carbonyl (C=O) groups excluding carboxylic acids is 1. The van der Waals surface area contributed by atoms with Crippen LogP contribution in [-0.4, -0.2) is 12.5 Å². The number of amides is 1. The van der Waals surface area contributed by atoms with Crippen LogP contribution in [0.5, 0.6) is 0 Å². The summed E-state index contributed by atoms with van der Waals surface area (Å²) in [7, 11) is 0. The van der Waals surface area contributed by atoms with Gasteiger partial charge in [-0.05, 0) is 47.2 Å². The Bertz CT molecular complexity index is 759. The van der Waals surface area contributed by atoms with Crippen molar-refractivity contribution < 1.29 is 4.79 Å². The standard InChI is InChI=1S/C19H19NOS/c1-2-20(19(21)11-10-15-12-13-22-14-15)18-9-5-7-16-6-3-4-8-17(16)18/h3-9,12-14H,2,10-11H2,1H3. The molecule has 1 aromatic heterocycles. The van der Waals surface area contributed by atoms with E-state index in [0.717, 1.165) is 17.5 Å². The van der Waals surface area contributed by atoms with Crippen molar-refractivity contribution in [3.05, 3.63) is 64.9 Å². The number of nitrogens with zero attached hydrogens (tertiary/aromatic N) is 1. The van der Waals surface area contributed by atoms with Crippen LogP contribution in [-0.2, 0) is 11.2 Å². The van der Waals surface area contributed by atoms with Gasteiger partial charge in [-0.2, -0.15) is 11.3 Å². The molecule has 0 aliphatic carbocycles. The second kappa shape index (κ2) is 6.75. The summed E-state index contributed by atoms with van der Waals surface area (Å²) in [5.41, 5.74) is 2.25. The first kappa shape index (κ1) is 14.8. The van der Waals surface area contributed by atoms with E-state index in [9.17, 15) is 4.79 Å². The smallest absolute Gasteiger partial charge is 0.227 e. The summed E-state index contributed by atoms with van der Waals surface area (Å²) in [6.07, 6.45) is 1.36. The fourth-order valence-electron chi connectivity index (χ4n) is 2.75. The van der Waals surface area contributed by atoms with Crippen molar-refractivity contribution in [2.24, 2.45) is 0 Å². The Morgan fingerprint density at radius 3 is 2.68 bits per heavy atom. The van der Waals surface area contributed by atoms with Gasteiger partial charge in [0.25, 0.3) is 0 Å². The monoisotopic (exact) mass is 309 g/mol. The number of thiophene rings is 1. The Balaban J connectivity index is 1.84. The van der Waals surface area contributed by atoms with Crippen LogP contribution < -0.4 is 4.90 Å². The number of rotatable bonds is 5. The first-order valence-corrected chi connectivity index (χ1v) is 8.53. The molecule has 2 aromatic carbocycles. The molecule has 0 saturated heterocycles. The van der Waals surface area contributed by atoms with Crippen molar-refractivity contribution in [3.8, 4) is 0 Å². The predicted molar refractivity (Wildman–Crippen MR) is 94.6 cm³/mol. The van der Waals surface area contributed by atoms with Crippen LogP contribution in [0, 0.1) is 0 Å². The molecule has 22 heavy (non-hydrogen) atoms. The van der Waals surface area contributed by atoms with E-state index >= 15 is 0 Å². The highest BCUT2D eigenvalue weighted by Gasteiger charge is 2.16. The molecular formula is C19H19NOS. The van der Waals surface area contributed by atoms with Gasteiger partial charge in [0.1, 0.15) is 0 Å². The quantitative estimate of drug-likeness (QED) is 0.657. The zero-order valence-corrected chi connectivity index (χ0v) is 13.5. The third-order valence-electron chi connectivity index (χ3n) is 3.88. The molecule has 112 valence electrons. The Kier molecular flexibility index (Phi) is 4.54. The number of benzene rings is 2. The number of hydrogen-bond donors (Lipinski definition) is 0. The van der Waals surface area contributed by atoms with Crippen molar-refractivity contribution in [2.75, 3.05) is 11.4 Å². The van der Waals surface area contributed by atoms with Gasteiger partial charge in [-0.3, -0.25) is 4.79 Å². The summed E-state index contributed by atoms with van der Waals surface area (Å²) >= 11 is 1.68. The first-order chi connectivity index (χ1) is 10.8. The number of carbonyl (C=O) groups is 1. The number of hydrogen-bond acceptors (Lipinski definition) is 2. The van der Waals surface area contributed by atoms with Crippen LogP contribution in [0.2, 0.25) is 0 Å². The lowest BCUT2D eigenvalue weighted by atomic mass is 10.1. The lowest BCUT2D eigenvalue weighted by Gasteiger charge is -2.23. The summed E-state index contributed by atoms with van der Waals surface area (Å²) in [5.74, 6) is 0.185. The SMILES string of the molecule is CCN(C(=O)CCc1ccsc1)c1cccc2ccccc12. The van der Waals surface area contributed by atoms with E-state index in [0.29, 0.717) is 13.0 Å². The van der Waals surface area contributed by atoms with Crippen LogP contribution in [0.15, 0.2) is 59.3 Å². The average Bonchev–Trinajstić information content (AvgIpc) is 3.07. The normalized spacial score (nSPS) is 10.8. The van der Waals surface area contributed by atoms with Gasteiger partial charge in [-0.25, -0.2) is 0 Å². The van der Waals surface area contributed by atoms with Gasteiger partial charge in [0.05, 0.1) is 5.69 Å². The van der Waals surface area contributed by atoms with Crippen LogP contribution in [0.3, 0.4) is 0 Å². The number of anilines is 1. The zero-order chi connectivity index (χ0) is 15.4. The average molecular weight is 309 g/mol. The molecule has 3 rings (SSSR count). The molecule has 0 saturated carbocycles. The molecule has 3 heteroatoms. The molecule has 0 unspecified atom stereocenters. The van der Waals surface area contributed by atoms with Crippen LogP contribution in [0.4, 0.5) is 5.69 Å². The highest BCUT2D eigenvalue weighted by atomic mass is 32.1. The lowest BCUT2D eigenvalue weighted by molar-refractivity contribution is -0.118. The highest BCUT2D eigenvalue weighted by molar-refractivity contribution is 7.07. The van der Waals surface area contributed by atoms with Crippen molar-refractivity contribution in [1.29, 1.82) is 0 Å². The fourth-order valence-corrected chi connectivity index (χ4v) is 3.45. The van der Waals surface area contributed by atoms with Crippen molar-refractivity contribution >= 4 is 33.7 Å². The van der Waals surface area contributed by atoms with Gasteiger partial charge in [0.2, 0.25) is 5.91 Å². The van der Waals surface area contributed by atoms with E-state index in [-0.39, 0.29) is 5.91 Å². The number of aryl methyl sites for hydroxylation is 1. The largest absolute Gasteiger partial charge is 0.312 e. The first-order valence-electron chi connectivity index (χ1n) is 7.59.